The fraction of sp³-hybridized carbons (Fsp3) is 0.200. The molecular weight excluding hydrogens is 433 g/mol. The van der Waals surface area contributed by atoms with Crippen molar-refractivity contribution >= 4 is 52.1 Å². The van der Waals surface area contributed by atoms with Gasteiger partial charge in [0.05, 0.1) is 31.5 Å². The third-order valence-electron chi connectivity index (χ3n) is 4.44. The first-order valence-corrected chi connectivity index (χ1v) is 9.77. The molecule has 0 aliphatic carbocycles. The Morgan fingerprint density at radius 2 is 1.90 bits per heavy atom. The van der Waals surface area contributed by atoms with Gasteiger partial charge in [0.15, 0.2) is 5.11 Å². The van der Waals surface area contributed by atoms with Crippen molar-refractivity contribution in [1.29, 1.82) is 0 Å². The molecule has 3 rings (SSSR count). The van der Waals surface area contributed by atoms with Crippen LogP contribution < -0.4 is 25.4 Å². The average Bonchev–Trinajstić information content (AvgIpc) is 2.67. The van der Waals surface area contributed by atoms with E-state index in [1.54, 1.807) is 50.4 Å². The Morgan fingerprint density at radius 3 is 2.55 bits per heavy atom. The summed E-state index contributed by atoms with van der Waals surface area (Å²) in [5, 5.41) is 10.3. The number of benzene rings is 2. The van der Waals surface area contributed by atoms with Crippen LogP contribution in [0.2, 0.25) is 10.0 Å². The molecular formula is C20H19Cl2N3O3S. The van der Waals surface area contributed by atoms with E-state index >= 15 is 0 Å². The lowest BCUT2D eigenvalue weighted by atomic mass is 9.95. The second-order valence-corrected chi connectivity index (χ2v) is 7.51. The van der Waals surface area contributed by atoms with Crippen LogP contribution in [0.3, 0.4) is 0 Å². The number of anilines is 1. The highest BCUT2D eigenvalue weighted by atomic mass is 35.5. The minimum absolute atomic E-state index is 0.329. The van der Waals surface area contributed by atoms with Crippen LogP contribution in [-0.2, 0) is 4.79 Å². The Bertz CT molecular complexity index is 1010. The molecule has 1 aliphatic heterocycles. The predicted molar refractivity (Wildman–Crippen MR) is 119 cm³/mol. The molecule has 0 unspecified atom stereocenters. The van der Waals surface area contributed by atoms with Crippen LogP contribution in [0.25, 0.3) is 0 Å². The smallest absolute Gasteiger partial charge is 0.255 e. The van der Waals surface area contributed by atoms with E-state index in [1.165, 1.54) is 7.11 Å². The van der Waals surface area contributed by atoms with Gasteiger partial charge in [0, 0.05) is 21.8 Å². The lowest BCUT2D eigenvalue weighted by Gasteiger charge is -2.31. The summed E-state index contributed by atoms with van der Waals surface area (Å²) in [4.78, 5) is 13.2. The molecule has 0 saturated heterocycles. The molecule has 1 aliphatic rings. The number of methoxy groups -OCH3 is 2. The molecule has 0 radical (unpaired) electrons. The van der Waals surface area contributed by atoms with Gasteiger partial charge in [-0.2, -0.15) is 0 Å². The zero-order valence-electron chi connectivity index (χ0n) is 15.9. The number of rotatable bonds is 5. The highest BCUT2D eigenvalue weighted by Gasteiger charge is 2.31. The van der Waals surface area contributed by atoms with Crippen molar-refractivity contribution in [1.82, 2.24) is 10.6 Å². The fourth-order valence-corrected chi connectivity index (χ4v) is 3.84. The topological polar surface area (TPSA) is 71.6 Å². The standard InChI is InChI=1S/C20H19Cl2N3O3S/c1-10-17(19(26)24-15-7-5-12(27-2)9-16(15)28-3)18(25-20(29)23-10)13-6-4-11(21)8-14(13)22/h4-9,18H,1-3H3,(H,24,26)(H2,23,25,29)/t18-/m1/s1. The maximum absolute atomic E-state index is 13.2. The van der Waals surface area contributed by atoms with Crippen molar-refractivity contribution < 1.29 is 14.3 Å². The molecule has 0 bridgehead atoms. The van der Waals surface area contributed by atoms with Gasteiger partial charge in [-0.1, -0.05) is 29.3 Å². The van der Waals surface area contributed by atoms with Gasteiger partial charge < -0.3 is 25.4 Å². The number of ether oxygens (including phenoxy) is 2. The van der Waals surface area contributed by atoms with Gasteiger partial charge in [0.1, 0.15) is 11.5 Å². The monoisotopic (exact) mass is 451 g/mol. The number of halogens is 2. The molecule has 0 spiro atoms. The number of allylic oxidation sites excluding steroid dienone is 1. The SMILES string of the molecule is COc1ccc(NC(=O)C2=C(C)NC(=S)N[C@@H]2c2ccc(Cl)cc2Cl)c(OC)c1. The van der Waals surface area contributed by atoms with E-state index in [-0.39, 0.29) is 5.91 Å². The van der Waals surface area contributed by atoms with E-state index in [0.717, 1.165) is 0 Å². The first-order valence-electron chi connectivity index (χ1n) is 8.60. The van der Waals surface area contributed by atoms with Crippen molar-refractivity contribution in [2.24, 2.45) is 0 Å². The summed E-state index contributed by atoms with van der Waals surface area (Å²) >= 11 is 17.7. The summed E-state index contributed by atoms with van der Waals surface area (Å²) in [6.07, 6.45) is 0. The minimum atomic E-state index is -0.544. The van der Waals surface area contributed by atoms with E-state index < -0.39 is 6.04 Å². The molecule has 2 aromatic rings. The van der Waals surface area contributed by atoms with Crippen molar-refractivity contribution in [3.63, 3.8) is 0 Å². The maximum Gasteiger partial charge on any atom is 0.255 e. The summed E-state index contributed by atoms with van der Waals surface area (Å²) in [6, 6.07) is 9.71. The van der Waals surface area contributed by atoms with E-state index in [9.17, 15) is 4.79 Å². The summed E-state index contributed by atoms with van der Waals surface area (Å²) in [5.74, 6) is 0.765. The molecule has 0 aromatic heterocycles. The predicted octanol–water partition coefficient (Wildman–Crippen LogP) is 4.44. The second kappa shape index (κ2) is 8.90. The highest BCUT2D eigenvalue weighted by Crippen LogP contribution is 2.35. The van der Waals surface area contributed by atoms with Crippen LogP contribution in [0.4, 0.5) is 5.69 Å². The second-order valence-electron chi connectivity index (χ2n) is 6.26. The Balaban J connectivity index is 1.98. The number of hydrogen-bond acceptors (Lipinski definition) is 4. The summed E-state index contributed by atoms with van der Waals surface area (Å²) < 4.78 is 10.6. The Labute approximate surface area is 184 Å². The van der Waals surface area contributed by atoms with Gasteiger partial charge in [-0.05, 0) is 49.0 Å². The molecule has 1 heterocycles. The van der Waals surface area contributed by atoms with Crippen LogP contribution in [-0.4, -0.2) is 25.2 Å². The van der Waals surface area contributed by atoms with Crippen LogP contribution >= 0.6 is 35.4 Å². The fourth-order valence-electron chi connectivity index (χ4n) is 3.06. The largest absolute Gasteiger partial charge is 0.497 e. The van der Waals surface area contributed by atoms with E-state index in [1.807, 2.05) is 0 Å². The molecule has 29 heavy (non-hydrogen) atoms. The first kappa shape index (κ1) is 21.2. The number of carbonyl (C=O) groups excluding carboxylic acids is 1. The van der Waals surface area contributed by atoms with Gasteiger partial charge in [-0.15, -0.1) is 0 Å². The van der Waals surface area contributed by atoms with Gasteiger partial charge in [0.2, 0.25) is 0 Å². The number of amides is 1. The minimum Gasteiger partial charge on any atom is -0.497 e. The molecule has 2 aromatic carbocycles. The molecule has 152 valence electrons. The Kier molecular flexibility index (Phi) is 6.52. The van der Waals surface area contributed by atoms with Gasteiger partial charge in [-0.25, -0.2) is 0 Å². The summed E-state index contributed by atoms with van der Waals surface area (Å²) in [7, 11) is 3.08. The van der Waals surface area contributed by atoms with Crippen molar-refractivity contribution in [3.8, 4) is 11.5 Å². The zero-order valence-corrected chi connectivity index (χ0v) is 18.3. The Hall–Kier alpha value is -2.48. The molecule has 3 N–H and O–H groups in total. The van der Waals surface area contributed by atoms with Crippen molar-refractivity contribution in [2.45, 2.75) is 13.0 Å². The third kappa shape index (κ3) is 4.58. The number of carbonyl (C=O) groups is 1. The van der Waals surface area contributed by atoms with Gasteiger partial charge in [0.25, 0.3) is 5.91 Å². The number of nitrogens with one attached hydrogen (secondary N) is 3. The maximum atomic E-state index is 13.2. The third-order valence-corrected chi connectivity index (χ3v) is 5.23. The van der Waals surface area contributed by atoms with Crippen LogP contribution in [0.1, 0.15) is 18.5 Å². The molecule has 0 fully saturated rings. The number of thiocarbonyl (C=S) groups is 1. The number of hydrogen-bond donors (Lipinski definition) is 3. The molecule has 1 amide bonds. The first-order chi connectivity index (χ1) is 13.8. The zero-order chi connectivity index (χ0) is 21.1. The van der Waals surface area contributed by atoms with Crippen LogP contribution in [0.15, 0.2) is 47.7 Å². The summed E-state index contributed by atoms with van der Waals surface area (Å²) in [6.45, 7) is 1.78. The van der Waals surface area contributed by atoms with Crippen molar-refractivity contribution in [3.05, 3.63) is 63.3 Å². The highest BCUT2D eigenvalue weighted by molar-refractivity contribution is 7.80. The van der Waals surface area contributed by atoms with Crippen LogP contribution in [0.5, 0.6) is 11.5 Å². The van der Waals surface area contributed by atoms with E-state index in [0.29, 0.717) is 49.2 Å². The molecule has 0 saturated carbocycles. The quantitative estimate of drug-likeness (QED) is 0.583. The Morgan fingerprint density at radius 1 is 1.14 bits per heavy atom. The lowest BCUT2D eigenvalue weighted by Crippen LogP contribution is -2.45. The van der Waals surface area contributed by atoms with Gasteiger partial charge >= 0.3 is 0 Å². The van der Waals surface area contributed by atoms with Crippen LogP contribution in [0, 0.1) is 0 Å². The molecule has 1 atom stereocenters. The average molecular weight is 452 g/mol. The van der Waals surface area contributed by atoms with E-state index in [4.69, 9.17) is 44.9 Å². The normalized spacial score (nSPS) is 16.0. The molecule has 6 nitrogen and oxygen atoms in total. The van der Waals surface area contributed by atoms with Crippen molar-refractivity contribution in [2.75, 3.05) is 19.5 Å². The van der Waals surface area contributed by atoms with E-state index in [2.05, 4.69) is 16.0 Å². The lowest BCUT2D eigenvalue weighted by molar-refractivity contribution is -0.113. The summed E-state index contributed by atoms with van der Waals surface area (Å²) in [5.41, 5.74) is 2.26. The van der Waals surface area contributed by atoms with Gasteiger partial charge in [-0.3, -0.25) is 4.79 Å². The molecule has 9 heteroatoms.